The van der Waals surface area contributed by atoms with Crippen molar-refractivity contribution < 1.29 is 14.7 Å². The Bertz CT molecular complexity index is 1330. The van der Waals surface area contributed by atoms with Crippen molar-refractivity contribution in [3.05, 3.63) is 92.4 Å². The first-order chi connectivity index (χ1) is 16.2. The van der Waals surface area contributed by atoms with Gasteiger partial charge in [-0.3, -0.25) is 14.4 Å². The van der Waals surface area contributed by atoms with Gasteiger partial charge in [-0.05, 0) is 42.7 Å². The van der Waals surface area contributed by atoms with Gasteiger partial charge < -0.3 is 10.1 Å². The number of hydrazone groups is 1. The highest BCUT2D eigenvalue weighted by Gasteiger charge is 2.35. The summed E-state index contributed by atoms with van der Waals surface area (Å²) >= 11 is 6.06. The summed E-state index contributed by atoms with van der Waals surface area (Å²) in [5, 5.41) is 15.5. The van der Waals surface area contributed by atoms with Gasteiger partial charge in [0.1, 0.15) is 0 Å². The number of halogens is 1. The van der Waals surface area contributed by atoms with Gasteiger partial charge in [-0.25, -0.2) is 5.01 Å². The molecule has 1 atom stereocenters. The molecule has 0 spiro atoms. The van der Waals surface area contributed by atoms with E-state index in [4.69, 9.17) is 16.7 Å². The van der Waals surface area contributed by atoms with Crippen molar-refractivity contribution in [3.63, 3.8) is 0 Å². The van der Waals surface area contributed by atoms with Gasteiger partial charge in [-0.2, -0.15) is 5.10 Å². The van der Waals surface area contributed by atoms with Crippen LogP contribution < -0.4 is 5.56 Å². The Labute approximate surface area is 201 Å². The molecule has 0 saturated carbocycles. The number of aryl methyl sites for hydroxylation is 2. The molecule has 0 aliphatic carbocycles. The Morgan fingerprint density at radius 1 is 1.06 bits per heavy atom. The second kappa shape index (κ2) is 9.65. The van der Waals surface area contributed by atoms with Crippen LogP contribution in [0.1, 0.15) is 47.6 Å². The number of carbonyl (C=O) groups is 2. The molecule has 4 rings (SSSR count). The summed E-state index contributed by atoms with van der Waals surface area (Å²) in [4.78, 5) is 39.8. The van der Waals surface area contributed by atoms with E-state index in [9.17, 15) is 14.4 Å². The lowest BCUT2D eigenvalue weighted by Gasteiger charge is -2.22. The number of carboxylic acid groups (broad SMARTS) is 1. The monoisotopic (exact) mass is 477 g/mol. The molecule has 34 heavy (non-hydrogen) atoms. The van der Waals surface area contributed by atoms with Crippen LogP contribution in [-0.2, 0) is 9.59 Å². The molecular weight excluding hydrogens is 454 g/mol. The van der Waals surface area contributed by atoms with Crippen molar-refractivity contribution in [1.82, 2.24) is 9.99 Å². The van der Waals surface area contributed by atoms with E-state index >= 15 is 0 Å². The van der Waals surface area contributed by atoms with Gasteiger partial charge in [0.15, 0.2) is 0 Å². The second-order valence-corrected chi connectivity index (χ2v) is 8.80. The number of hydrogen-bond donors (Lipinski definition) is 2. The highest BCUT2D eigenvalue weighted by molar-refractivity contribution is 6.30. The van der Waals surface area contributed by atoms with Crippen LogP contribution in [0.4, 0.5) is 0 Å². The third kappa shape index (κ3) is 4.79. The van der Waals surface area contributed by atoms with Crippen LogP contribution in [0, 0.1) is 13.8 Å². The van der Waals surface area contributed by atoms with Crippen molar-refractivity contribution in [2.45, 2.75) is 39.2 Å². The lowest BCUT2D eigenvalue weighted by Crippen LogP contribution is -2.27. The van der Waals surface area contributed by atoms with Gasteiger partial charge in [0, 0.05) is 29.6 Å². The smallest absolute Gasteiger partial charge is 0.303 e. The zero-order valence-electron chi connectivity index (χ0n) is 18.8. The number of nitrogens with zero attached hydrogens (tertiary/aromatic N) is 2. The van der Waals surface area contributed by atoms with Crippen LogP contribution in [0.2, 0.25) is 5.02 Å². The summed E-state index contributed by atoms with van der Waals surface area (Å²) in [7, 11) is 0. The number of aliphatic carboxylic acids is 1. The Balaban J connectivity index is 1.81. The maximum absolute atomic E-state index is 13.1. The average Bonchev–Trinajstić information content (AvgIpc) is 3.25. The lowest BCUT2D eigenvalue weighted by molar-refractivity contribution is -0.141. The van der Waals surface area contributed by atoms with Crippen LogP contribution in [-0.4, -0.2) is 32.7 Å². The number of benzene rings is 2. The zero-order chi connectivity index (χ0) is 24.4. The minimum Gasteiger partial charge on any atom is -0.481 e. The quantitative estimate of drug-likeness (QED) is 0.529. The fraction of sp³-hybridized carbons (Fsp3) is 0.231. The van der Waals surface area contributed by atoms with Crippen LogP contribution in [0.25, 0.3) is 11.1 Å². The molecule has 174 valence electrons. The summed E-state index contributed by atoms with van der Waals surface area (Å²) < 4.78 is 0. The van der Waals surface area contributed by atoms with Crippen molar-refractivity contribution in [3.8, 4) is 11.1 Å². The van der Waals surface area contributed by atoms with Gasteiger partial charge in [-0.15, -0.1) is 0 Å². The molecule has 0 saturated heterocycles. The summed E-state index contributed by atoms with van der Waals surface area (Å²) in [6.45, 7) is 3.87. The Hall–Kier alpha value is -3.71. The standard InChI is InChI=1S/C26H24ClN3O4/c1-15-3-5-17(6-4-15)21-13-20(29-30(21)22(31)11-12-23(32)33)25-24(16(2)14-28-26(25)34)18-7-9-19(27)10-8-18/h3-10,14,21H,11-13H2,1-2H3,(H,28,34)(H,32,33)/t21-/m1/s1. The predicted molar refractivity (Wildman–Crippen MR) is 131 cm³/mol. The maximum atomic E-state index is 13.1. The van der Waals surface area contributed by atoms with Crippen molar-refractivity contribution >= 4 is 29.2 Å². The molecule has 8 heteroatoms. The van der Waals surface area contributed by atoms with E-state index in [1.165, 1.54) is 5.01 Å². The van der Waals surface area contributed by atoms with Crippen LogP contribution >= 0.6 is 11.6 Å². The molecule has 7 nitrogen and oxygen atoms in total. The minimum absolute atomic E-state index is 0.178. The van der Waals surface area contributed by atoms with Crippen molar-refractivity contribution in [1.29, 1.82) is 0 Å². The number of aromatic amines is 1. The van der Waals surface area contributed by atoms with E-state index in [0.717, 1.165) is 27.8 Å². The Morgan fingerprint density at radius 3 is 2.38 bits per heavy atom. The van der Waals surface area contributed by atoms with Crippen LogP contribution in [0.15, 0.2) is 64.6 Å². The number of carbonyl (C=O) groups excluding carboxylic acids is 1. The molecule has 0 radical (unpaired) electrons. The lowest BCUT2D eigenvalue weighted by atomic mass is 9.91. The van der Waals surface area contributed by atoms with Gasteiger partial charge in [0.05, 0.1) is 23.7 Å². The second-order valence-electron chi connectivity index (χ2n) is 8.37. The minimum atomic E-state index is -1.05. The van der Waals surface area contributed by atoms with E-state index in [1.54, 1.807) is 18.3 Å². The SMILES string of the molecule is Cc1ccc([C@H]2CC(c3c(-c4ccc(Cl)cc4)c(C)c[nH]c3=O)=NN2C(=O)CCC(=O)O)cc1. The molecule has 0 bridgehead atoms. The molecule has 0 unspecified atom stereocenters. The molecule has 1 aliphatic rings. The number of carboxylic acids is 1. The molecule has 2 heterocycles. The number of amides is 1. The van der Waals surface area contributed by atoms with Crippen molar-refractivity contribution in [2.24, 2.45) is 5.10 Å². The first-order valence-corrected chi connectivity index (χ1v) is 11.3. The number of rotatable bonds is 6. The normalized spacial score (nSPS) is 15.3. The molecule has 0 fully saturated rings. The molecule has 1 aliphatic heterocycles. The number of pyridine rings is 1. The molecule has 3 aromatic rings. The van der Waals surface area contributed by atoms with Gasteiger partial charge in [0.2, 0.25) is 5.91 Å². The topological polar surface area (TPSA) is 103 Å². The average molecular weight is 478 g/mol. The fourth-order valence-electron chi connectivity index (χ4n) is 4.16. The summed E-state index contributed by atoms with van der Waals surface area (Å²) in [5.41, 5.74) is 4.89. The zero-order valence-corrected chi connectivity index (χ0v) is 19.6. The fourth-order valence-corrected chi connectivity index (χ4v) is 4.29. The highest BCUT2D eigenvalue weighted by Crippen LogP contribution is 2.36. The number of H-pyrrole nitrogens is 1. The Kier molecular flexibility index (Phi) is 6.65. The number of aromatic nitrogens is 1. The first kappa shape index (κ1) is 23.4. The van der Waals surface area contributed by atoms with Gasteiger partial charge in [0.25, 0.3) is 5.56 Å². The third-order valence-corrected chi connectivity index (χ3v) is 6.15. The largest absolute Gasteiger partial charge is 0.481 e. The van der Waals surface area contributed by atoms with E-state index in [0.29, 0.717) is 22.7 Å². The van der Waals surface area contributed by atoms with E-state index in [1.807, 2.05) is 50.2 Å². The molecule has 2 aromatic carbocycles. The predicted octanol–water partition coefficient (Wildman–Crippen LogP) is 4.85. The molecule has 1 aromatic heterocycles. The first-order valence-electron chi connectivity index (χ1n) is 10.9. The summed E-state index contributed by atoms with van der Waals surface area (Å²) in [6, 6.07) is 14.5. The van der Waals surface area contributed by atoms with Crippen LogP contribution in [0.3, 0.4) is 0 Å². The third-order valence-electron chi connectivity index (χ3n) is 5.89. The highest BCUT2D eigenvalue weighted by atomic mass is 35.5. The number of nitrogens with one attached hydrogen (secondary N) is 1. The number of hydrogen-bond acceptors (Lipinski definition) is 4. The molecule has 2 N–H and O–H groups in total. The van der Waals surface area contributed by atoms with E-state index in [-0.39, 0.29) is 18.4 Å². The van der Waals surface area contributed by atoms with E-state index in [2.05, 4.69) is 10.1 Å². The summed E-state index contributed by atoms with van der Waals surface area (Å²) in [6.07, 6.45) is 1.51. The van der Waals surface area contributed by atoms with Gasteiger partial charge >= 0.3 is 5.97 Å². The van der Waals surface area contributed by atoms with E-state index < -0.39 is 17.9 Å². The molecular formula is C26H24ClN3O4. The van der Waals surface area contributed by atoms with Gasteiger partial charge in [-0.1, -0.05) is 53.6 Å². The summed E-state index contributed by atoms with van der Waals surface area (Å²) in [5.74, 6) is -1.45. The Morgan fingerprint density at radius 2 is 1.74 bits per heavy atom. The van der Waals surface area contributed by atoms with Crippen LogP contribution in [0.5, 0.6) is 0 Å². The van der Waals surface area contributed by atoms with Crippen molar-refractivity contribution in [2.75, 3.05) is 0 Å². The molecule has 1 amide bonds. The maximum Gasteiger partial charge on any atom is 0.303 e.